The van der Waals surface area contributed by atoms with Gasteiger partial charge in [-0.15, -0.1) is 0 Å². The molecule has 2 rings (SSSR count). The normalized spacial score (nSPS) is 45.0. The number of halogens is 3. The van der Waals surface area contributed by atoms with Crippen LogP contribution in [-0.2, 0) is 14.2 Å². The van der Waals surface area contributed by atoms with E-state index in [1.54, 1.807) is 0 Å². The van der Waals surface area contributed by atoms with Gasteiger partial charge in [0.05, 0.1) is 6.61 Å². The van der Waals surface area contributed by atoms with E-state index in [1.807, 2.05) is 0 Å². The average molecular weight is 258 g/mol. The van der Waals surface area contributed by atoms with Crippen LogP contribution >= 0.6 is 0 Å². The Balaban J connectivity index is 2.35. The largest absolute Gasteiger partial charge is 0.422 e. The summed E-state index contributed by atoms with van der Waals surface area (Å²) in [6, 6.07) is 0. The lowest BCUT2D eigenvalue weighted by molar-refractivity contribution is -0.317. The summed E-state index contributed by atoms with van der Waals surface area (Å²) in [6.45, 7) is 1.86. The van der Waals surface area contributed by atoms with Crippen LogP contribution in [0.25, 0.3) is 0 Å². The molecule has 17 heavy (non-hydrogen) atoms. The highest BCUT2D eigenvalue weighted by Crippen LogP contribution is 2.49. The van der Waals surface area contributed by atoms with Gasteiger partial charge in [0.1, 0.15) is 6.10 Å². The summed E-state index contributed by atoms with van der Waals surface area (Å²) in [5.41, 5.74) is -3.26. The molecule has 0 aromatic heterocycles. The predicted molar refractivity (Wildman–Crippen MR) is 46.8 cm³/mol. The quantitative estimate of drug-likeness (QED) is 0.700. The van der Waals surface area contributed by atoms with E-state index in [4.69, 9.17) is 19.3 Å². The first-order chi connectivity index (χ1) is 7.62. The fraction of sp³-hybridized carbons (Fsp3) is 1.00. The first-order valence-corrected chi connectivity index (χ1v) is 5.03. The van der Waals surface area contributed by atoms with Gasteiger partial charge in [0.15, 0.2) is 18.2 Å². The molecular formula is C9H13F3O5. The Morgan fingerprint density at radius 3 is 2.29 bits per heavy atom. The highest BCUT2D eigenvalue weighted by atomic mass is 19.4. The van der Waals surface area contributed by atoms with E-state index < -0.39 is 42.7 Å². The van der Waals surface area contributed by atoms with Crippen LogP contribution in [0.3, 0.4) is 0 Å². The van der Waals surface area contributed by atoms with Crippen LogP contribution in [-0.4, -0.2) is 52.9 Å². The summed E-state index contributed by atoms with van der Waals surface area (Å²) in [5, 5.41) is 18.6. The summed E-state index contributed by atoms with van der Waals surface area (Å²) in [6.07, 6.45) is -9.83. The predicted octanol–water partition coefficient (Wildman–Crippen LogP) is 0.149. The molecule has 2 saturated heterocycles. The first-order valence-electron chi connectivity index (χ1n) is 5.03. The van der Waals surface area contributed by atoms with Gasteiger partial charge in [-0.1, -0.05) is 0 Å². The number of aliphatic hydroxyl groups is 2. The Hall–Kier alpha value is -0.410. The van der Waals surface area contributed by atoms with E-state index in [0.29, 0.717) is 0 Å². The van der Waals surface area contributed by atoms with Gasteiger partial charge in [0.2, 0.25) is 5.60 Å². The van der Waals surface area contributed by atoms with E-state index >= 15 is 0 Å². The molecule has 2 aliphatic heterocycles. The SMILES string of the molecule is CC1(C)O[C@H]2O[C@H](CO)C(O)(C(F)(F)F)[C@H]2O1. The lowest BCUT2D eigenvalue weighted by Gasteiger charge is -2.34. The number of hydrogen-bond acceptors (Lipinski definition) is 5. The Bertz CT molecular complexity index is 318. The molecule has 0 radical (unpaired) electrons. The number of alkyl halides is 3. The van der Waals surface area contributed by atoms with E-state index in [9.17, 15) is 18.3 Å². The van der Waals surface area contributed by atoms with Crippen molar-refractivity contribution in [3.05, 3.63) is 0 Å². The lowest BCUT2D eigenvalue weighted by Crippen LogP contribution is -2.60. The maximum atomic E-state index is 12.9. The van der Waals surface area contributed by atoms with Crippen molar-refractivity contribution in [1.82, 2.24) is 0 Å². The minimum Gasteiger partial charge on any atom is -0.394 e. The van der Waals surface area contributed by atoms with Crippen LogP contribution < -0.4 is 0 Å². The molecule has 2 fully saturated rings. The van der Waals surface area contributed by atoms with Crippen LogP contribution in [0.1, 0.15) is 13.8 Å². The van der Waals surface area contributed by atoms with Crippen molar-refractivity contribution in [3.8, 4) is 0 Å². The molecular weight excluding hydrogens is 245 g/mol. The molecule has 5 nitrogen and oxygen atoms in total. The standard InChI is InChI=1S/C9H13F3O5/c1-7(2)16-5-6(17-7)15-4(3-13)8(5,14)9(10,11)12/h4-6,13-14H,3H2,1-2H3/t4-,5+,6-,8?/m1/s1. The van der Waals surface area contributed by atoms with Crippen LogP contribution in [0.5, 0.6) is 0 Å². The molecule has 0 aliphatic carbocycles. The van der Waals surface area contributed by atoms with E-state index in [2.05, 4.69) is 0 Å². The Labute approximate surface area is 95.1 Å². The zero-order valence-corrected chi connectivity index (χ0v) is 9.19. The minimum absolute atomic E-state index is 0.976. The maximum absolute atomic E-state index is 12.9. The second-order valence-electron chi connectivity index (χ2n) is 4.55. The molecule has 100 valence electrons. The Kier molecular flexibility index (Phi) is 2.72. The molecule has 0 spiro atoms. The van der Waals surface area contributed by atoms with Crippen molar-refractivity contribution in [2.75, 3.05) is 6.61 Å². The number of hydrogen-bond donors (Lipinski definition) is 2. The fourth-order valence-electron chi connectivity index (χ4n) is 2.10. The van der Waals surface area contributed by atoms with Gasteiger partial charge >= 0.3 is 6.18 Å². The first kappa shape index (κ1) is 13.0. The van der Waals surface area contributed by atoms with Gasteiger partial charge in [0.25, 0.3) is 0 Å². The second kappa shape index (κ2) is 3.55. The lowest BCUT2D eigenvalue weighted by atomic mass is 9.92. The third kappa shape index (κ3) is 1.75. The number of ether oxygens (including phenoxy) is 3. The van der Waals surface area contributed by atoms with Crippen LogP contribution in [0.15, 0.2) is 0 Å². The summed E-state index contributed by atoms with van der Waals surface area (Å²) < 4.78 is 53.6. The second-order valence-corrected chi connectivity index (χ2v) is 4.55. The highest BCUT2D eigenvalue weighted by molar-refractivity contribution is 5.09. The average Bonchev–Trinajstić information content (AvgIpc) is 2.58. The van der Waals surface area contributed by atoms with Gasteiger partial charge < -0.3 is 24.4 Å². The molecule has 4 atom stereocenters. The van der Waals surface area contributed by atoms with Crippen molar-refractivity contribution in [1.29, 1.82) is 0 Å². The van der Waals surface area contributed by atoms with Crippen molar-refractivity contribution in [2.45, 2.75) is 49.9 Å². The fourth-order valence-corrected chi connectivity index (χ4v) is 2.10. The summed E-state index contributed by atoms with van der Waals surface area (Å²) in [7, 11) is 0. The molecule has 0 amide bonds. The topological polar surface area (TPSA) is 68.2 Å². The van der Waals surface area contributed by atoms with Gasteiger partial charge in [-0.05, 0) is 13.8 Å². The van der Waals surface area contributed by atoms with Crippen LogP contribution in [0.4, 0.5) is 13.2 Å². The van der Waals surface area contributed by atoms with Gasteiger partial charge in [0, 0.05) is 0 Å². The molecule has 0 aromatic carbocycles. The Morgan fingerprint density at radius 2 is 1.82 bits per heavy atom. The third-order valence-electron chi connectivity index (χ3n) is 2.90. The van der Waals surface area contributed by atoms with Gasteiger partial charge in [-0.2, -0.15) is 13.2 Å². The maximum Gasteiger partial charge on any atom is 0.422 e. The van der Waals surface area contributed by atoms with E-state index in [0.717, 1.165) is 0 Å². The van der Waals surface area contributed by atoms with E-state index in [1.165, 1.54) is 13.8 Å². The van der Waals surface area contributed by atoms with Crippen LogP contribution in [0, 0.1) is 0 Å². The molecule has 0 bridgehead atoms. The number of fused-ring (bicyclic) bond motifs is 1. The minimum atomic E-state index is -4.98. The highest BCUT2D eigenvalue weighted by Gasteiger charge is 2.74. The molecule has 2 heterocycles. The third-order valence-corrected chi connectivity index (χ3v) is 2.90. The summed E-state index contributed by atoms with van der Waals surface area (Å²) in [5.74, 6) is -1.27. The zero-order chi connectivity index (χ0) is 13.1. The molecule has 2 aliphatic rings. The molecule has 0 aromatic rings. The molecule has 2 N–H and O–H groups in total. The summed E-state index contributed by atoms with van der Waals surface area (Å²) in [4.78, 5) is 0. The van der Waals surface area contributed by atoms with Gasteiger partial charge in [-0.3, -0.25) is 0 Å². The monoisotopic (exact) mass is 258 g/mol. The van der Waals surface area contributed by atoms with Crippen molar-refractivity contribution in [3.63, 3.8) is 0 Å². The number of aliphatic hydroxyl groups excluding tert-OH is 1. The van der Waals surface area contributed by atoms with Crippen LogP contribution in [0.2, 0.25) is 0 Å². The Morgan fingerprint density at radius 1 is 1.24 bits per heavy atom. The number of rotatable bonds is 1. The molecule has 1 unspecified atom stereocenters. The van der Waals surface area contributed by atoms with Crippen molar-refractivity contribution in [2.24, 2.45) is 0 Å². The molecule has 0 saturated carbocycles. The van der Waals surface area contributed by atoms with Crippen molar-refractivity contribution < 1.29 is 37.6 Å². The summed E-state index contributed by atoms with van der Waals surface area (Å²) >= 11 is 0. The smallest absolute Gasteiger partial charge is 0.394 e. The van der Waals surface area contributed by atoms with E-state index in [-0.39, 0.29) is 0 Å². The van der Waals surface area contributed by atoms with Crippen molar-refractivity contribution >= 4 is 0 Å². The van der Waals surface area contributed by atoms with Gasteiger partial charge in [-0.25, -0.2) is 0 Å². The molecule has 8 heteroatoms. The zero-order valence-electron chi connectivity index (χ0n) is 9.19.